The minimum absolute atomic E-state index is 0.0218. The van der Waals surface area contributed by atoms with Gasteiger partial charge in [-0.15, -0.1) is 0 Å². The van der Waals surface area contributed by atoms with Crippen LogP contribution in [0, 0.1) is 0 Å². The summed E-state index contributed by atoms with van der Waals surface area (Å²) in [7, 11) is 0. The predicted molar refractivity (Wildman–Crippen MR) is 109 cm³/mol. The van der Waals surface area contributed by atoms with Gasteiger partial charge in [0.15, 0.2) is 16.5 Å². The number of cyclic esters (lactones) is 1. The highest BCUT2D eigenvalue weighted by Crippen LogP contribution is 2.26. The number of furan rings is 1. The first kappa shape index (κ1) is 20.5. The zero-order chi connectivity index (χ0) is 21.1. The first-order valence-electron chi connectivity index (χ1n) is 9.73. The number of hydrogen-bond donors (Lipinski definition) is 0. The number of esters is 1. The standard InChI is InChI=1S/C21H21BrN2O6/c22-18-7-6-17(30-18)19(25)23-10-8-15(9-11-23)24-16(13-29-21(24)27)20(26)28-12-14-4-2-1-3-5-14/h1-7,15-16H,8-13H2/t16-/m0/s1. The zero-order valence-corrected chi connectivity index (χ0v) is 17.7. The van der Waals surface area contributed by atoms with E-state index in [0.717, 1.165) is 5.56 Å². The molecule has 0 spiro atoms. The molecule has 2 fully saturated rings. The van der Waals surface area contributed by atoms with Gasteiger partial charge in [-0.1, -0.05) is 30.3 Å². The Balaban J connectivity index is 1.35. The second kappa shape index (κ2) is 8.91. The molecule has 3 heterocycles. The van der Waals surface area contributed by atoms with Crippen LogP contribution >= 0.6 is 15.9 Å². The topological polar surface area (TPSA) is 89.3 Å². The molecule has 0 radical (unpaired) electrons. The zero-order valence-electron chi connectivity index (χ0n) is 16.2. The fraction of sp³-hybridized carbons (Fsp3) is 0.381. The van der Waals surface area contributed by atoms with Crippen LogP contribution < -0.4 is 0 Å². The second-order valence-electron chi connectivity index (χ2n) is 7.22. The summed E-state index contributed by atoms with van der Waals surface area (Å²) < 4.78 is 16.4. The predicted octanol–water partition coefficient (Wildman–Crippen LogP) is 3.21. The summed E-state index contributed by atoms with van der Waals surface area (Å²) in [5.74, 6) is -0.408. The highest BCUT2D eigenvalue weighted by Gasteiger charge is 2.44. The van der Waals surface area contributed by atoms with Gasteiger partial charge in [0.1, 0.15) is 13.2 Å². The molecule has 0 N–H and O–H groups in total. The summed E-state index contributed by atoms with van der Waals surface area (Å²) in [6.07, 6.45) is 0.576. The number of piperidine rings is 1. The number of carbonyl (C=O) groups is 3. The van der Waals surface area contributed by atoms with Crippen molar-refractivity contribution in [3.8, 4) is 0 Å². The fourth-order valence-corrected chi connectivity index (χ4v) is 4.08. The molecule has 0 bridgehead atoms. The van der Waals surface area contributed by atoms with E-state index >= 15 is 0 Å². The molecular formula is C21H21BrN2O6. The first-order valence-corrected chi connectivity index (χ1v) is 10.5. The number of ether oxygens (including phenoxy) is 2. The quantitative estimate of drug-likeness (QED) is 0.615. The van der Waals surface area contributed by atoms with Gasteiger partial charge in [0.25, 0.3) is 5.91 Å². The lowest BCUT2D eigenvalue weighted by atomic mass is 10.0. The number of likely N-dealkylation sites (tertiary alicyclic amines) is 1. The lowest BCUT2D eigenvalue weighted by Gasteiger charge is -2.36. The fourth-order valence-electron chi connectivity index (χ4n) is 3.77. The van der Waals surface area contributed by atoms with Crippen molar-refractivity contribution in [2.45, 2.75) is 31.5 Å². The Bertz CT molecular complexity index is 923. The first-order chi connectivity index (χ1) is 14.5. The van der Waals surface area contributed by atoms with Crippen molar-refractivity contribution in [2.24, 2.45) is 0 Å². The van der Waals surface area contributed by atoms with E-state index < -0.39 is 18.1 Å². The van der Waals surface area contributed by atoms with Crippen molar-refractivity contribution >= 4 is 33.9 Å². The third-order valence-electron chi connectivity index (χ3n) is 5.34. The number of halogens is 1. The van der Waals surface area contributed by atoms with E-state index in [9.17, 15) is 14.4 Å². The molecule has 8 nitrogen and oxygen atoms in total. The van der Waals surface area contributed by atoms with Crippen LogP contribution in [0.3, 0.4) is 0 Å². The lowest BCUT2D eigenvalue weighted by molar-refractivity contribution is -0.150. The molecule has 0 saturated carbocycles. The molecular weight excluding hydrogens is 456 g/mol. The maximum absolute atomic E-state index is 12.6. The number of amides is 2. The van der Waals surface area contributed by atoms with Crippen LogP contribution in [0.25, 0.3) is 0 Å². The summed E-state index contributed by atoms with van der Waals surface area (Å²) in [6.45, 7) is 1.03. The largest absolute Gasteiger partial charge is 0.459 e. The molecule has 0 aliphatic carbocycles. The molecule has 4 rings (SSSR count). The van der Waals surface area contributed by atoms with Gasteiger partial charge in [-0.25, -0.2) is 9.59 Å². The normalized spacial score (nSPS) is 19.6. The average Bonchev–Trinajstić information content (AvgIpc) is 3.38. The third kappa shape index (κ3) is 4.35. The highest BCUT2D eigenvalue weighted by molar-refractivity contribution is 9.10. The molecule has 158 valence electrons. The van der Waals surface area contributed by atoms with Crippen LogP contribution in [-0.2, 0) is 20.9 Å². The molecule has 30 heavy (non-hydrogen) atoms. The summed E-state index contributed by atoms with van der Waals surface area (Å²) in [5.41, 5.74) is 0.874. The van der Waals surface area contributed by atoms with Crippen LogP contribution in [-0.4, -0.2) is 59.5 Å². The van der Waals surface area contributed by atoms with Crippen molar-refractivity contribution in [1.82, 2.24) is 9.80 Å². The van der Waals surface area contributed by atoms with Crippen molar-refractivity contribution in [1.29, 1.82) is 0 Å². The molecule has 1 aromatic carbocycles. The molecule has 2 aliphatic heterocycles. The SMILES string of the molecule is O=C(OCc1ccccc1)[C@@H]1COC(=O)N1C1CCN(C(=O)c2ccc(Br)o2)CC1. The summed E-state index contributed by atoms with van der Waals surface area (Å²) in [4.78, 5) is 40.6. The molecule has 9 heteroatoms. The van der Waals surface area contributed by atoms with E-state index in [4.69, 9.17) is 13.9 Å². The number of hydrogen-bond acceptors (Lipinski definition) is 6. The van der Waals surface area contributed by atoms with E-state index in [1.54, 1.807) is 17.0 Å². The number of carbonyl (C=O) groups excluding carboxylic acids is 3. The van der Waals surface area contributed by atoms with Gasteiger partial charge < -0.3 is 18.8 Å². The Labute approximate surface area is 181 Å². The average molecular weight is 477 g/mol. The van der Waals surface area contributed by atoms with Gasteiger partial charge in [0.2, 0.25) is 0 Å². The van der Waals surface area contributed by atoms with Gasteiger partial charge in [-0.2, -0.15) is 0 Å². The minimum Gasteiger partial charge on any atom is -0.459 e. The number of nitrogens with zero attached hydrogens (tertiary/aromatic N) is 2. The molecule has 2 aromatic rings. The Morgan fingerprint density at radius 1 is 1.10 bits per heavy atom. The number of rotatable bonds is 5. The molecule has 1 atom stereocenters. The van der Waals surface area contributed by atoms with Crippen LogP contribution in [0.5, 0.6) is 0 Å². The maximum atomic E-state index is 12.6. The van der Waals surface area contributed by atoms with Crippen molar-refractivity contribution in [3.63, 3.8) is 0 Å². The lowest BCUT2D eigenvalue weighted by Crippen LogP contribution is -2.52. The second-order valence-corrected chi connectivity index (χ2v) is 8.00. The molecule has 0 unspecified atom stereocenters. The summed E-state index contributed by atoms with van der Waals surface area (Å²) >= 11 is 3.19. The monoisotopic (exact) mass is 476 g/mol. The van der Waals surface area contributed by atoms with Crippen LogP contribution in [0.2, 0.25) is 0 Å². The van der Waals surface area contributed by atoms with Gasteiger partial charge >= 0.3 is 12.1 Å². The Hall–Kier alpha value is -2.81. The van der Waals surface area contributed by atoms with E-state index in [1.807, 2.05) is 30.3 Å². The van der Waals surface area contributed by atoms with Crippen LogP contribution in [0.15, 0.2) is 51.6 Å². The smallest absolute Gasteiger partial charge is 0.410 e. The highest BCUT2D eigenvalue weighted by atomic mass is 79.9. The van der Waals surface area contributed by atoms with Gasteiger partial charge in [-0.3, -0.25) is 9.69 Å². The summed E-state index contributed by atoms with van der Waals surface area (Å²) in [6, 6.07) is 11.7. The third-order valence-corrected chi connectivity index (χ3v) is 5.76. The Kier molecular flexibility index (Phi) is 6.08. The molecule has 2 saturated heterocycles. The molecule has 2 aliphatic rings. The molecule has 2 amide bonds. The van der Waals surface area contributed by atoms with Gasteiger partial charge in [-0.05, 0) is 46.5 Å². The van der Waals surface area contributed by atoms with Crippen LogP contribution in [0.1, 0.15) is 29.0 Å². The summed E-state index contributed by atoms with van der Waals surface area (Å²) in [5, 5.41) is 0. The van der Waals surface area contributed by atoms with Gasteiger partial charge in [0.05, 0.1) is 0 Å². The van der Waals surface area contributed by atoms with E-state index in [2.05, 4.69) is 15.9 Å². The van der Waals surface area contributed by atoms with E-state index in [1.165, 1.54) is 4.90 Å². The minimum atomic E-state index is -0.769. The van der Waals surface area contributed by atoms with Crippen molar-refractivity contribution in [2.75, 3.05) is 19.7 Å². The van der Waals surface area contributed by atoms with Crippen LogP contribution in [0.4, 0.5) is 4.79 Å². The van der Waals surface area contributed by atoms with Crippen molar-refractivity contribution < 1.29 is 28.3 Å². The Morgan fingerprint density at radius 3 is 2.50 bits per heavy atom. The molecule has 1 aromatic heterocycles. The maximum Gasteiger partial charge on any atom is 0.410 e. The van der Waals surface area contributed by atoms with E-state index in [0.29, 0.717) is 30.6 Å². The Morgan fingerprint density at radius 2 is 1.83 bits per heavy atom. The van der Waals surface area contributed by atoms with E-state index in [-0.39, 0.29) is 30.9 Å². The van der Waals surface area contributed by atoms with Crippen molar-refractivity contribution in [3.05, 3.63) is 58.5 Å². The van der Waals surface area contributed by atoms with Gasteiger partial charge in [0, 0.05) is 19.1 Å². The number of benzene rings is 1.